The Morgan fingerprint density at radius 3 is 1.20 bits per heavy atom. The van der Waals surface area contributed by atoms with Crippen molar-refractivity contribution < 1.29 is 4.12 Å². The molecule has 1 unspecified atom stereocenters. The van der Waals surface area contributed by atoms with E-state index in [1.54, 1.807) is 0 Å². The van der Waals surface area contributed by atoms with Crippen LogP contribution in [0.1, 0.15) is 0 Å². The summed E-state index contributed by atoms with van der Waals surface area (Å²) >= 11 is 0. The molecule has 5 heavy (non-hydrogen) atoms. The molecule has 1 nitrogen and oxygen atoms in total. The molecule has 0 aliphatic heterocycles. The molecule has 0 rings (SSSR count). The molecule has 5 heteroatoms. The second kappa shape index (κ2) is 17.7. The van der Waals surface area contributed by atoms with E-state index in [1.165, 1.54) is 0 Å². The van der Waals surface area contributed by atoms with Crippen LogP contribution in [0.3, 0.4) is 0 Å². The summed E-state index contributed by atoms with van der Waals surface area (Å²) in [5.41, 5.74) is 0. The number of rotatable bonds is 0. The molecule has 1 atom stereocenters. The topological polar surface area (TPSA) is 9.23 Å². The maximum Gasteiger partial charge on any atom is 0.129 e. The van der Waals surface area contributed by atoms with Gasteiger partial charge in [0.25, 0.3) is 0 Å². The molecule has 0 aromatic heterocycles. The predicted molar refractivity (Wildman–Crippen MR) is 47.5 cm³/mol. The third-order valence-corrected chi connectivity index (χ3v) is 0. The molecule has 0 amide bonds. The summed E-state index contributed by atoms with van der Waals surface area (Å²) in [5.74, 6) is 0. The Morgan fingerprint density at radius 2 is 1.20 bits per heavy atom. The average Bonchev–Trinajstić information content (AvgIpc) is 0.918. The third kappa shape index (κ3) is 29.1. The van der Waals surface area contributed by atoms with E-state index in [0.717, 1.165) is 21.0 Å². The van der Waals surface area contributed by atoms with Gasteiger partial charge < -0.3 is 4.12 Å². The van der Waals surface area contributed by atoms with Gasteiger partial charge in [-0.3, -0.25) is 0 Å². The Balaban J connectivity index is -0.0000000200. The second-order valence-electron chi connectivity index (χ2n) is 0.408. The van der Waals surface area contributed by atoms with Gasteiger partial charge in [0.1, 0.15) is 21.0 Å². The lowest BCUT2D eigenvalue weighted by atomic mass is 15.8. The molecule has 0 aliphatic rings. The predicted octanol–water partition coefficient (Wildman–Crippen LogP) is -1.76. The van der Waals surface area contributed by atoms with Crippen LogP contribution >= 0.6 is 33.9 Å². The second-order valence-corrected chi connectivity index (χ2v) is 3.67. The summed E-state index contributed by atoms with van der Waals surface area (Å²) in [4.78, 5) is 0. The number of hydrogen-bond acceptors (Lipinski definition) is 1. The summed E-state index contributed by atoms with van der Waals surface area (Å²) in [5, 5.41) is 0. The Bertz CT molecular complexity index is 9.61. The van der Waals surface area contributed by atoms with Crippen molar-refractivity contribution in [1.29, 1.82) is 0 Å². The van der Waals surface area contributed by atoms with Crippen molar-refractivity contribution in [3.8, 4) is 0 Å². The zero-order chi connectivity index (χ0) is 2.71. The minimum atomic E-state index is 0. The SMILES string of the molecule is I.P.[SiH3]O[SiH3]. The summed E-state index contributed by atoms with van der Waals surface area (Å²) in [7, 11) is 1.86. The van der Waals surface area contributed by atoms with E-state index in [1.807, 2.05) is 0 Å². The highest BCUT2D eigenvalue weighted by atomic mass is 127. The van der Waals surface area contributed by atoms with Crippen LogP contribution in [0, 0.1) is 0 Å². The quantitative estimate of drug-likeness (QED) is 0.277. The summed E-state index contributed by atoms with van der Waals surface area (Å²) < 4.78 is 4.53. The molecule has 0 fully saturated rings. The number of hydrogen-bond donors (Lipinski definition) is 0. The van der Waals surface area contributed by atoms with E-state index in [-0.39, 0.29) is 33.9 Å². The van der Waals surface area contributed by atoms with E-state index in [2.05, 4.69) is 4.12 Å². The van der Waals surface area contributed by atoms with Crippen LogP contribution < -0.4 is 0 Å². The van der Waals surface area contributed by atoms with Crippen LogP contribution in [0.5, 0.6) is 0 Å². The molecule has 0 spiro atoms. The van der Waals surface area contributed by atoms with Crippen molar-refractivity contribution in [3.63, 3.8) is 0 Å². The molecule has 0 saturated heterocycles. The largest absolute Gasteiger partial charge is 0.471 e. The fourth-order valence-corrected chi connectivity index (χ4v) is 0. The molecular weight excluding hydrogens is 230 g/mol. The smallest absolute Gasteiger partial charge is 0.129 e. The summed E-state index contributed by atoms with van der Waals surface area (Å²) in [6.45, 7) is 0. The zero-order valence-corrected chi connectivity index (χ0v) is 11.3. The van der Waals surface area contributed by atoms with E-state index < -0.39 is 0 Å². The molecule has 0 heterocycles. The molecule has 0 saturated carbocycles. The van der Waals surface area contributed by atoms with Gasteiger partial charge in [0.15, 0.2) is 0 Å². The highest BCUT2D eigenvalue weighted by Crippen LogP contribution is 1.20. The molecule has 0 aromatic carbocycles. The fraction of sp³-hybridized carbons (Fsp3) is 0. The van der Waals surface area contributed by atoms with Crippen molar-refractivity contribution in [3.05, 3.63) is 0 Å². The highest BCUT2D eigenvalue weighted by molar-refractivity contribution is 14.0. The van der Waals surface area contributed by atoms with E-state index in [0.29, 0.717) is 0 Å². The normalized spacial score (nSPS) is 4.80. The molecule has 36 valence electrons. The Hall–Kier alpha value is 1.55. The third-order valence-electron chi connectivity index (χ3n) is 0. The van der Waals surface area contributed by atoms with Crippen LogP contribution in [0.2, 0.25) is 0 Å². The van der Waals surface area contributed by atoms with Gasteiger partial charge >= 0.3 is 0 Å². The lowest BCUT2D eigenvalue weighted by Gasteiger charge is -1.62. The van der Waals surface area contributed by atoms with Gasteiger partial charge in [-0.25, -0.2) is 0 Å². The van der Waals surface area contributed by atoms with Crippen molar-refractivity contribution in [2.75, 3.05) is 0 Å². The summed E-state index contributed by atoms with van der Waals surface area (Å²) in [6, 6.07) is 0. The molecule has 0 aromatic rings. The highest BCUT2D eigenvalue weighted by Gasteiger charge is 1.28. The Labute approximate surface area is 59.0 Å². The minimum Gasteiger partial charge on any atom is -0.471 e. The molecule has 0 aliphatic carbocycles. The van der Waals surface area contributed by atoms with Crippen LogP contribution in [0.25, 0.3) is 0 Å². The van der Waals surface area contributed by atoms with Gasteiger partial charge in [-0.15, -0.1) is 24.0 Å². The first-order valence-electron chi connectivity index (χ1n) is 0.816. The molecular formula is H10IOPSi2. The average molecular weight is 240 g/mol. The van der Waals surface area contributed by atoms with E-state index >= 15 is 0 Å². The van der Waals surface area contributed by atoms with E-state index in [9.17, 15) is 0 Å². The first-order chi connectivity index (χ1) is 1.41. The molecule has 0 N–H and O–H groups in total. The Kier molecular flexibility index (Phi) is 56.5. The van der Waals surface area contributed by atoms with Crippen molar-refractivity contribution in [2.24, 2.45) is 0 Å². The summed E-state index contributed by atoms with van der Waals surface area (Å²) in [6.07, 6.45) is 0. The maximum absolute atomic E-state index is 4.53. The molecule has 0 radical (unpaired) electrons. The van der Waals surface area contributed by atoms with Crippen LogP contribution in [-0.2, 0) is 4.12 Å². The van der Waals surface area contributed by atoms with Gasteiger partial charge in [0.05, 0.1) is 0 Å². The van der Waals surface area contributed by atoms with Gasteiger partial charge in [0.2, 0.25) is 0 Å². The van der Waals surface area contributed by atoms with E-state index in [4.69, 9.17) is 0 Å². The van der Waals surface area contributed by atoms with Gasteiger partial charge in [-0.2, -0.15) is 9.90 Å². The zero-order valence-electron chi connectivity index (χ0n) is 3.52. The van der Waals surface area contributed by atoms with Crippen molar-refractivity contribution in [2.45, 2.75) is 0 Å². The van der Waals surface area contributed by atoms with Crippen LogP contribution in [0.15, 0.2) is 0 Å². The standard InChI is InChI=1S/HI.H6OSi2.H3P/c;2-1-3;/h1H;2-3H3;1H3. The number of halogens is 1. The van der Waals surface area contributed by atoms with Crippen LogP contribution in [-0.4, -0.2) is 21.0 Å². The van der Waals surface area contributed by atoms with Crippen molar-refractivity contribution in [1.82, 2.24) is 0 Å². The lowest BCUT2D eigenvalue weighted by Crippen LogP contribution is -1.65. The Morgan fingerprint density at radius 1 is 1.20 bits per heavy atom. The molecule has 0 bridgehead atoms. The van der Waals surface area contributed by atoms with Crippen molar-refractivity contribution >= 4 is 54.8 Å². The van der Waals surface area contributed by atoms with Crippen LogP contribution in [0.4, 0.5) is 0 Å². The monoisotopic (exact) mass is 240 g/mol. The minimum absolute atomic E-state index is 0. The van der Waals surface area contributed by atoms with Gasteiger partial charge in [0, 0.05) is 0 Å². The maximum atomic E-state index is 4.53. The lowest BCUT2D eigenvalue weighted by molar-refractivity contribution is 0.690. The van der Waals surface area contributed by atoms with Gasteiger partial charge in [-0.05, 0) is 0 Å². The van der Waals surface area contributed by atoms with Gasteiger partial charge in [-0.1, -0.05) is 0 Å². The first kappa shape index (κ1) is 16.0. The fourth-order valence-electron chi connectivity index (χ4n) is 0. The first-order valence-corrected chi connectivity index (χ1v) is 2.45.